The van der Waals surface area contributed by atoms with E-state index in [0.29, 0.717) is 0 Å². The van der Waals surface area contributed by atoms with E-state index in [9.17, 15) is 19.0 Å². The molecule has 246 valence electrons. The second kappa shape index (κ2) is 19.7. The van der Waals surface area contributed by atoms with Crippen LogP contribution in [0.2, 0.25) is 0 Å². The predicted molar refractivity (Wildman–Crippen MR) is 168 cm³/mol. The van der Waals surface area contributed by atoms with Gasteiger partial charge in [-0.3, -0.25) is 14.2 Å². The minimum absolute atomic E-state index is 0.175. The maximum atomic E-state index is 12.5. The molecule has 0 spiro atoms. The van der Waals surface area contributed by atoms with Gasteiger partial charge in [0.15, 0.2) is 0 Å². The lowest BCUT2D eigenvalue weighted by Gasteiger charge is -2.46. The SMILES string of the molecule is CCN(CC)CC.COP(=O)(O)C[C@H]1O[C@H](COC(C)=O)[C@@H](OCc2ccccc2)[C@H](OCc2ccccc2)[C@@H]1NC(C)=O. The Bertz CT molecular complexity index is 1150. The molecule has 44 heavy (non-hydrogen) atoms. The Morgan fingerprint density at radius 1 is 0.864 bits per heavy atom. The van der Waals surface area contributed by atoms with E-state index in [1.165, 1.54) is 33.5 Å². The normalized spacial score (nSPS) is 22.8. The molecule has 1 aliphatic heterocycles. The average Bonchev–Trinajstić information content (AvgIpc) is 3.01. The van der Waals surface area contributed by atoms with Crippen molar-refractivity contribution in [1.82, 2.24) is 10.2 Å². The summed E-state index contributed by atoms with van der Waals surface area (Å²) in [5.74, 6) is -0.894. The molecular weight excluding hydrogens is 587 g/mol. The number of amides is 1. The maximum absolute atomic E-state index is 12.5. The number of nitrogens with zero attached hydrogens (tertiary/aromatic N) is 1. The summed E-state index contributed by atoms with van der Waals surface area (Å²) in [6, 6.07) is 18.0. The summed E-state index contributed by atoms with van der Waals surface area (Å²) < 4.78 is 41.3. The van der Waals surface area contributed by atoms with E-state index in [4.69, 9.17) is 23.5 Å². The molecule has 1 heterocycles. The number of carbonyl (C=O) groups is 2. The van der Waals surface area contributed by atoms with Gasteiger partial charge >= 0.3 is 13.6 Å². The van der Waals surface area contributed by atoms with E-state index in [-0.39, 0.29) is 25.7 Å². The van der Waals surface area contributed by atoms with Gasteiger partial charge in [-0.25, -0.2) is 0 Å². The van der Waals surface area contributed by atoms with Crippen molar-refractivity contribution >= 4 is 19.5 Å². The van der Waals surface area contributed by atoms with Crippen LogP contribution in [0.1, 0.15) is 45.7 Å². The maximum Gasteiger partial charge on any atom is 0.330 e. The van der Waals surface area contributed by atoms with Gasteiger partial charge < -0.3 is 38.6 Å². The average molecular weight is 637 g/mol. The van der Waals surface area contributed by atoms with Crippen molar-refractivity contribution in [2.75, 3.05) is 39.5 Å². The Morgan fingerprint density at radius 3 is 1.77 bits per heavy atom. The van der Waals surface area contributed by atoms with Crippen molar-refractivity contribution in [2.45, 2.75) is 78.3 Å². The van der Waals surface area contributed by atoms with Gasteiger partial charge in [-0.15, -0.1) is 0 Å². The lowest BCUT2D eigenvalue weighted by molar-refractivity contribution is -0.227. The van der Waals surface area contributed by atoms with Crippen LogP contribution in [0.4, 0.5) is 0 Å². The fourth-order valence-corrected chi connectivity index (χ4v) is 5.74. The summed E-state index contributed by atoms with van der Waals surface area (Å²) in [6.07, 6.45) is -3.86. The zero-order valence-corrected chi connectivity index (χ0v) is 27.6. The zero-order valence-electron chi connectivity index (χ0n) is 26.7. The lowest BCUT2D eigenvalue weighted by Crippen LogP contribution is -2.66. The van der Waals surface area contributed by atoms with E-state index in [0.717, 1.165) is 18.2 Å². The third kappa shape index (κ3) is 13.2. The Hall–Kier alpha value is -2.63. The predicted octanol–water partition coefficient (Wildman–Crippen LogP) is 4.17. The molecule has 2 aromatic carbocycles. The summed E-state index contributed by atoms with van der Waals surface area (Å²) in [4.78, 5) is 36.4. The Morgan fingerprint density at radius 2 is 1.36 bits per heavy atom. The molecule has 1 fully saturated rings. The molecule has 12 heteroatoms. The number of carbonyl (C=O) groups excluding carboxylic acids is 2. The number of hydrogen-bond donors (Lipinski definition) is 2. The first-order chi connectivity index (χ1) is 21.0. The molecule has 1 amide bonds. The molecule has 6 atom stereocenters. The highest BCUT2D eigenvalue weighted by atomic mass is 31.2. The monoisotopic (exact) mass is 636 g/mol. The number of nitrogens with one attached hydrogen (secondary N) is 1. The molecule has 1 unspecified atom stereocenters. The standard InChI is InChI=1S/C26H34NO9P.C6H15N/c1-18(28)27-24-23(17-37(30,31)32-3)36-22(16-33-19(2)29)25(34-14-20-10-6-4-7-11-20)26(24)35-15-21-12-8-5-9-13-21;1-4-7(5-2)6-3/h4-13,22-26H,14-17H2,1-3H3,(H,27,28)(H,30,31);4-6H2,1-3H3/t22-,23-,24-,25-,26-;/m1./s1. The number of ether oxygens (including phenoxy) is 4. The van der Waals surface area contributed by atoms with Gasteiger partial charge in [0.2, 0.25) is 5.91 Å². The minimum Gasteiger partial charge on any atom is -0.463 e. The van der Waals surface area contributed by atoms with Crippen LogP contribution in [0.25, 0.3) is 0 Å². The smallest absolute Gasteiger partial charge is 0.330 e. The first-order valence-corrected chi connectivity index (χ1v) is 16.8. The number of esters is 1. The van der Waals surface area contributed by atoms with Gasteiger partial charge in [0.1, 0.15) is 24.9 Å². The fraction of sp³-hybridized carbons (Fsp3) is 0.562. The third-order valence-corrected chi connectivity index (χ3v) is 8.62. The molecule has 2 aromatic rings. The van der Waals surface area contributed by atoms with Gasteiger partial charge in [-0.2, -0.15) is 0 Å². The molecule has 0 radical (unpaired) electrons. The molecule has 11 nitrogen and oxygen atoms in total. The van der Waals surface area contributed by atoms with Crippen LogP contribution in [-0.2, 0) is 50.8 Å². The number of benzene rings is 2. The van der Waals surface area contributed by atoms with Crippen molar-refractivity contribution in [3.8, 4) is 0 Å². The van der Waals surface area contributed by atoms with Crippen LogP contribution in [0, 0.1) is 0 Å². The largest absolute Gasteiger partial charge is 0.463 e. The highest BCUT2D eigenvalue weighted by Crippen LogP contribution is 2.44. The van der Waals surface area contributed by atoms with E-state index < -0.39 is 50.2 Å². The highest BCUT2D eigenvalue weighted by Gasteiger charge is 2.50. The van der Waals surface area contributed by atoms with Gasteiger partial charge in [0.25, 0.3) is 0 Å². The molecule has 3 rings (SSSR count). The van der Waals surface area contributed by atoms with Gasteiger partial charge in [0.05, 0.1) is 31.5 Å². The van der Waals surface area contributed by atoms with E-state index in [1.54, 1.807) is 0 Å². The fourth-order valence-electron chi connectivity index (χ4n) is 4.82. The molecule has 0 bridgehead atoms. The van der Waals surface area contributed by atoms with Crippen molar-refractivity contribution in [3.63, 3.8) is 0 Å². The van der Waals surface area contributed by atoms with Crippen molar-refractivity contribution in [1.29, 1.82) is 0 Å². The Balaban J connectivity index is 0.000000860. The minimum atomic E-state index is -4.05. The van der Waals surface area contributed by atoms with Crippen LogP contribution in [-0.4, -0.2) is 91.6 Å². The summed E-state index contributed by atoms with van der Waals surface area (Å²) >= 11 is 0. The number of rotatable bonds is 15. The molecule has 1 aliphatic rings. The molecule has 2 N–H and O–H groups in total. The Labute approximate surface area is 261 Å². The lowest BCUT2D eigenvalue weighted by atomic mass is 9.92. The second-order valence-electron chi connectivity index (χ2n) is 10.4. The Kier molecular flexibility index (Phi) is 16.8. The molecule has 0 aromatic heterocycles. The topological polar surface area (TPSA) is 133 Å². The summed E-state index contributed by atoms with van der Waals surface area (Å²) in [7, 11) is -2.93. The van der Waals surface area contributed by atoms with E-state index in [2.05, 4.69) is 31.0 Å². The summed E-state index contributed by atoms with van der Waals surface area (Å²) in [6.45, 7) is 12.9. The van der Waals surface area contributed by atoms with Gasteiger partial charge in [-0.1, -0.05) is 81.4 Å². The number of hydrogen-bond acceptors (Lipinski definition) is 9. The quantitative estimate of drug-likeness (QED) is 0.217. The first kappa shape index (κ1) is 37.6. The van der Waals surface area contributed by atoms with Crippen LogP contribution in [0.15, 0.2) is 60.7 Å². The molecule has 0 saturated carbocycles. The molecule has 1 saturated heterocycles. The van der Waals surface area contributed by atoms with Crippen LogP contribution in [0.5, 0.6) is 0 Å². The van der Waals surface area contributed by atoms with Crippen molar-refractivity contribution in [2.24, 2.45) is 0 Å². The molecule has 0 aliphatic carbocycles. The van der Waals surface area contributed by atoms with Crippen LogP contribution < -0.4 is 5.32 Å². The van der Waals surface area contributed by atoms with E-state index >= 15 is 0 Å². The molecular formula is C32H49N2O9P. The van der Waals surface area contributed by atoms with Crippen molar-refractivity contribution < 1.29 is 42.5 Å². The van der Waals surface area contributed by atoms with Gasteiger partial charge in [0, 0.05) is 21.0 Å². The van der Waals surface area contributed by atoms with E-state index in [1.807, 2.05) is 60.7 Å². The van der Waals surface area contributed by atoms with Crippen LogP contribution >= 0.6 is 7.60 Å². The zero-order chi connectivity index (χ0) is 32.5. The van der Waals surface area contributed by atoms with Crippen LogP contribution in [0.3, 0.4) is 0 Å². The summed E-state index contributed by atoms with van der Waals surface area (Å²) in [5, 5.41) is 2.81. The highest BCUT2D eigenvalue weighted by molar-refractivity contribution is 7.52. The third-order valence-electron chi connectivity index (χ3n) is 7.22. The second-order valence-corrected chi connectivity index (χ2v) is 12.4. The van der Waals surface area contributed by atoms with Gasteiger partial charge in [-0.05, 0) is 30.8 Å². The van der Waals surface area contributed by atoms with Crippen molar-refractivity contribution in [3.05, 3.63) is 71.8 Å². The first-order valence-electron chi connectivity index (χ1n) is 15.0. The summed E-state index contributed by atoms with van der Waals surface area (Å²) in [5.41, 5.74) is 1.78.